The van der Waals surface area contributed by atoms with Crippen LogP contribution in [0.1, 0.15) is 30.3 Å². The molecule has 4 nitrogen and oxygen atoms in total. The Kier molecular flexibility index (Phi) is 4.78. The van der Waals surface area contributed by atoms with Crippen molar-refractivity contribution < 1.29 is 4.74 Å². The second kappa shape index (κ2) is 6.34. The molecule has 18 heavy (non-hydrogen) atoms. The van der Waals surface area contributed by atoms with Gasteiger partial charge in [0.15, 0.2) is 0 Å². The van der Waals surface area contributed by atoms with Gasteiger partial charge in [-0.3, -0.25) is 4.68 Å². The highest BCUT2D eigenvalue weighted by Crippen LogP contribution is 2.13. The molecule has 2 rings (SSSR count). The van der Waals surface area contributed by atoms with Crippen LogP contribution in [0.3, 0.4) is 0 Å². The molecule has 1 aliphatic heterocycles. The molecule has 0 spiro atoms. The predicted octanol–water partition coefficient (Wildman–Crippen LogP) is 1.69. The zero-order valence-electron chi connectivity index (χ0n) is 11.8. The molecule has 1 saturated heterocycles. The van der Waals surface area contributed by atoms with Crippen molar-refractivity contribution in [2.24, 2.45) is 5.92 Å². The molecule has 1 aliphatic rings. The number of nitrogens with zero attached hydrogens (tertiary/aromatic N) is 2. The maximum Gasteiger partial charge on any atom is 0.0628 e. The van der Waals surface area contributed by atoms with Crippen LogP contribution in [0.5, 0.6) is 0 Å². The topological polar surface area (TPSA) is 39.1 Å². The van der Waals surface area contributed by atoms with Crippen LogP contribution in [-0.4, -0.2) is 36.1 Å². The Morgan fingerprint density at radius 3 is 2.89 bits per heavy atom. The third kappa shape index (κ3) is 3.12. The Balaban J connectivity index is 1.76. The summed E-state index contributed by atoms with van der Waals surface area (Å²) in [5, 5.41) is 8.11. The average Bonchev–Trinajstić information content (AvgIpc) is 2.94. The summed E-state index contributed by atoms with van der Waals surface area (Å²) in [6.45, 7) is 11.3. The maximum absolute atomic E-state index is 5.37. The third-order valence-corrected chi connectivity index (χ3v) is 3.84. The predicted molar refractivity (Wildman–Crippen MR) is 72.9 cm³/mol. The lowest BCUT2D eigenvalue weighted by Gasteiger charge is -2.10. The summed E-state index contributed by atoms with van der Waals surface area (Å²) in [6.07, 6.45) is 2.28. The van der Waals surface area contributed by atoms with Crippen molar-refractivity contribution in [3.8, 4) is 0 Å². The quantitative estimate of drug-likeness (QED) is 0.782. The highest BCUT2D eigenvalue weighted by atomic mass is 16.5. The summed E-state index contributed by atoms with van der Waals surface area (Å²) in [7, 11) is 0. The summed E-state index contributed by atoms with van der Waals surface area (Å²) >= 11 is 0. The Bertz CT molecular complexity index is 381. The van der Waals surface area contributed by atoms with E-state index in [1.165, 1.54) is 23.4 Å². The molecule has 1 unspecified atom stereocenters. The van der Waals surface area contributed by atoms with Gasteiger partial charge in [-0.25, -0.2) is 0 Å². The van der Waals surface area contributed by atoms with Gasteiger partial charge in [-0.1, -0.05) is 6.92 Å². The summed E-state index contributed by atoms with van der Waals surface area (Å²) in [6, 6.07) is 0. The first-order valence-corrected chi connectivity index (χ1v) is 7.03. The number of hydrogen-bond donors (Lipinski definition) is 1. The molecule has 0 aliphatic carbocycles. The number of ether oxygens (including phenoxy) is 1. The van der Waals surface area contributed by atoms with Gasteiger partial charge in [0.1, 0.15) is 0 Å². The number of aryl methyl sites for hydroxylation is 1. The average molecular weight is 251 g/mol. The van der Waals surface area contributed by atoms with Gasteiger partial charge in [0, 0.05) is 25.4 Å². The molecule has 2 heterocycles. The summed E-state index contributed by atoms with van der Waals surface area (Å²) in [5.41, 5.74) is 3.90. The fraction of sp³-hybridized carbons (Fsp3) is 0.786. The molecule has 1 aromatic heterocycles. The number of hydrogen-bond acceptors (Lipinski definition) is 3. The molecular weight excluding hydrogens is 226 g/mol. The van der Waals surface area contributed by atoms with E-state index >= 15 is 0 Å². The first-order valence-electron chi connectivity index (χ1n) is 7.03. The van der Waals surface area contributed by atoms with Crippen molar-refractivity contribution >= 4 is 0 Å². The van der Waals surface area contributed by atoms with E-state index in [-0.39, 0.29) is 0 Å². The highest BCUT2D eigenvalue weighted by Gasteiger charge is 2.14. The van der Waals surface area contributed by atoms with Gasteiger partial charge >= 0.3 is 0 Å². The minimum absolute atomic E-state index is 0.705. The third-order valence-electron chi connectivity index (χ3n) is 3.84. The van der Waals surface area contributed by atoms with E-state index in [1.54, 1.807) is 0 Å². The van der Waals surface area contributed by atoms with Gasteiger partial charge in [0.2, 0.25) is 0 Å². The van der Waals surface area contributed by atoms with Gasteiger partial charge in [0.05, 0.1) is 18.8 Å². The van der Waals surface area contributed by atoms with E-state index in [9.17, 15) is 0 Å². The molecule has 1 fully saturated rings. The van der Waals surface area contributed by atoms with E-state index in [4.69, 9.17) is 4.74 Å². The highest BCUT2D eigenvalue weighted by molar-refractivity contribution is 5.24. The maximum atomic E-state index is 5.37. The SMILES string of the molecule is CCc1c(C)nn(CCNCC2CCOC2)c1C. The van der Waals surface area contributed by atoms with Crippen LogP contribution < -0.4 is 5.32 Å². The minimum atomic E-state index is 0.705. The van der Waals surface area contributed by atoms with E-state index in [0.29, 0.717) is 5.92 Å². The van der Waals surface area contributed by atoms with Crippen molar-refractivity contribution in [2.45, 2.75) is 40.2 Å². The Labute approximate surface area is 110 Å². The van der Waals surface area contributed by atoms with E-state index in [2.05, 4.69) is 35.9 Å². The fourth-order valence-electron chi connectivity index (χ4n) is 2.70. The largest absolute Gasteiger partial charge is 0.381 e. The molecule has 1 N–H and O–H groups in total. The van der Waals surface area contributed by atoms with Gasteiger partial charge in [-0.05, 0) is 38.2 Å². The van der Waals surface area contributed by atoms with Crippen LogP contribution >= 0.6 is 0 Å². The van der Waals surface area contributed by atoms with E-state index in [0.717, 1.165) is 39.3 Å². The Hall–Kier alpha value is -0.870. The van der Waals surface area contributed by atoms with Gasteiger partial charge in [-0.2, -0.15) is 5.10 Å². The Morgan fingerprint density at radius 2 is 2.28 bits per heavy atom. The first kappa shape index (κ1) is 13.6. The standard InChI is InChI=1S/C14H25N3O/c1-4-14-11(2)16-17(12(14)3)7-6-15-9-13-5-8-18-10-13/h13,15H,4-10H2,1-3H3. The summed E-state index contributed by atoms with van der Waals surface area (Å²) in [4.78, 5) is 0. The lowest BCUT2D eigenvalue weighted by Crippen LogP contribution is -2.27. The van der Waals surface area contributed by atoms with Crippen molar-refractivity contribution in [3.63, 3.8) is 0 Å². The Morgan fingerprint density at radius 1 is 1.44 bits per heavy atom. The smallest absolute Gasteiger partial charge is 0.0628 e. The summed E-state index contributed by atoms with van der Waals surface area (Å²) in [5.74, 6) is 0.705. The molecule has 0 saturated carbocycles. The van der Waals surface area contributed by atoms with Crippen LogP contribution in [0, 0.1) is 19.8 Å². The minimum Gasteiger partial charge on any atom is -0.381 e. The van der Waals surface area contributed by atoms with Crippen LogP contribution in [0.2, 0.25) is 0 Å². The number of nitrogens with one attached hydrogen (secondary N) is 1. The van der Waals surface area contributed by atoms with Crippen LogP contribution in [0.4, 0.5) is 0 Å². The molecule has 4 heteroatoms. The second-order valence-electron chi connectivity index (χ2n) is 5.16. The van der Waals surface area contributed by atoms with Crippen molar-refractivity contribution in [2.75, 3.05) is 26.3 Å². The molecule has 0 aromatic carbocycles. The molecule has 0 bridgehead atoms. The van der Waals surface area contributed by atoms with Gasteiger partial charge < -0.3 is 10.1 Å². The van der Waals surface area contributed by atoms with Crippen LogP contribution in [0.15, 0.2) is 0 Å². The normalized spacial score (nSPS) is 19.6. The lowest BCUT2D eigenvalue weighted by atomic mass is 10.1. The van der Waals surface area contributed by atoms with Crippen LogP contribution in [-0.2, 0) is 17.7 Å². The van der Waals surface area contributed by atoms with Crippen molar-refractivity contribution in [1.29, 1.82) is 0 Å². The first-order chi connectivity index (χ1) is 8.72. The van der Waals surface area contributed by atoms with E-state index in [1.807, 2.05) is 0 Å². The molecule has 0 radical (unpaired) electrons. The lowest BCUT2D eigenvalue weighted by molar-refractivity contribution is 0.185. The van der Waals surface area contributed by atoms with Crippen LogP contribution in [0.25, 0.3) is 0 Å². The molecule has 1 aromatic rings. The van der Waals surface area contributed by atoms with Crippen molar-refractivity contribution in [3.05, 3.63) is 17.0 Å². The molecule has 102 valence electrons. The second-order valence-corrected chi connectivity index (χ2v) is 5.16. The van der Waals surface area contributed by atoms with Gasteiger partial charge in [-0.15, -0.1) is 0 Å². The zero-order valence-corrected chi connectivity index (χ0v) is 11.8. The molecule has 0 amide bonds. The molecule has 1 atom stereocenters. The zero-order chi connectivity index (χ0) is 13.0. The fourth-order valence-corrected chi connectivity index (χ4v) is 2.70. The molecular formula is C14H25N3O. The monoisotopic (exact) mass is 251 g/mol. The number of aromatic nitrogens is 2. The van der Waals surface area contributed by atoms with E-state index < -0.39 is 0 Å². The summed E-state index contributed by atoms with van der Waals surface area (Å²) < 4.78 is 7.50. The van der Waals surface area contributed by atoms with Crippen molar-refractivity contribution in [1.82, 2.24) is 15.1 Å². The number of rotatable bonds is 6. The van der Waals surface area contributed by atoms with Gasteiger partial charge in [0.25, 0.3) is 0 Å².